The molecule has 0 spiro atoms. The molecule has 0 aliphatic rings. The van der Waals surface area contributed by atoms with Crippen molar-refractivity contribution in [3.63, 3.8) is 0 Å². The minimum Gasteiger partial charge on any atom is -0.386 e. The molecule has 0 aliphatic carbocycles. The zero-order chi connectivity index (χ0) is 17.5. The second-order valence-corrected chi connectivity index (χ2v) is 6.78. The topological polar surface area (TPSA) is 53.0 Å². The lowest BCUT2D eigenvalue weighted by atomic mass is 10.0. The summed E-state index contributed by atoms with van der Waals surface area (Å²) < 4.78 is 0.981. The number of nitrogens with one attached hydrogen (secondary N) is 2. The van der Waals surface area contributed by atoms with Crippen molar-refractivity contribution in [1.29, 1.82) is 5.41 Å². The Morgan fingerprint density at radius 2 is 1.71 bits per heavy atom. The van der Waals surface area contributed by atoms with Crippen LogP contribution in [0.15, 0.2) is 70.8 Å². The van der Waals surface area contributed by atoms with Crippen molar-refractivity contribution in [2.75, 3.05) is 0 Å². The van der Waals surface area contributed by atoms with E-state index in [0.717, 1.165) is 15.7 Å². The molecule has 0 atom stereocenters. The van der Waals surface area contributed by atoms with Crippen molar-refractivity contribution >= 4 is 27.4 Å². The van der Waals surface area contributed by atoms with Gasteiger partial charge in [0.05, 0.1) is 0 Å². The van der Waals surface area contributed by atoms with Gasteiger partial charge in [-0.1, -0.05) is 58.4 Å². The van der Waals surface area contributed by atoms with Crippen molar-refractivity contribution in [2.45, 2.75) is 26.3 Å². The lowest BCUT2D eigenvalue weighted by Gasteiger charge is -2.15. The van der Waals surface area contributed by atoms with Crippen molar-refractivity contribution in [2.24, 2.45) is 0 Å². The van der Waals surface area contributed by atoms with Gasteiger partial charge in [-0.05, 0) is 31.5 Å². The lowest BCUT2D eigenvalue weighted by molar-refractivity contribution is 0.104. The minimum absolute atomic E-state index is 0.0534. The first-order valence-electron chi connectivity index (χ1n) is 7.85. The van der Waals surface area contributed by atoms with Crippen LogP contribution < -0.4 is 5.32 Å². The van der Waals surface area contributed by atoms with E-state index in [9.17, 15) is 4.79 Å². The number of carbonyl (C=O) groups is 1. The fourth-order valence-corrected chi connectivity index (χ4v) is 2.57. The van der Waals surface area contributed by atoms with Gasteiger partial charge in [-0.25, -0.2) is 0 Å². The van der Waals surface area contributed by atoms with Crippen molar-refractivity contribution in [1.82, 2.24) is 5.32 Å². The maximum Gasteiger partial charge on any atom is 0.187 e. The van der Waals surface area contributed by atoms with E-state index in [1.165, 1.54) is 0 Å². The normalized spacial score (nSPS) is 11.4. The van der Waals surface area contributed by atoms with E-state index >= 15 is 0 Å². The number of rotatable bonds is 7. The van der Waals surface area contributed by atoms with Crippen LogP contribution in [0.4, 0.5) is 0 Å². The molecule has 0 amide bonds. The van der Waals surface area contributed by atoms with E-state index in [2.05, 4.69) is 21.2 Å². The molecule has 0 saturated carbocycles. The van der Waals surface area contributed by atoms with Gasteiger partial charge in [0.15, 0.2) is 5.78 Å². The predicted molar refractivity (Wildman–Crippen MR) is 103 cm³/mol. The molecule has 124 valence electrons. The maximum atomic E-state index is 12.4. The zero-order valence-electron chi connectivity index (χ0n) is 13.8. The second-order valence-electron chi connectivity index (χ2n) is 5.86. The molecule has 2 aromatic rings. The Hall–Kier alpha value is -2.20. The van der Waals surface area contributed by atoms with Gasteiger partial charge >= 0.3 is 0 Å². The van der Waals surface area contributed by atoms with Gasteiger partial charge in [0.1, 0.15) is 0 Å². The number of allylic oxidation sites excluding steroid dienone is 2. The first-order valence-corrected chi connectivity index (χ1v) is 8.65. The molecule has 3 nitrogen and oxygen atoms in total. The first kappa shape index (κ1) is 18.1. The highest BCUT2D eigenvalue weighted by molar-refractivity contribution is 9.10. The number of benzene rings is 2. The summed E-state index contributed by atoms with van der Waals surface area (Å²) >= 11 is 3.40. The highest BCUT2D eigenvalue weighted by Crippen LogP contribution is 2.14. The smallest absolute Gasteiger partial charge is 0.187 e. The van der Waals surface area contributed by atoms with Crippen LogP contribution in [0.25, 0.3) is 0 Å². The molecule has 0 saturated heterocycles. The van der Waals surface area contributed by atoms with E-state index in [1.54, 1.807) is 18.2 Å². The molecule has 2 aromatic carbocycles. The summed E-state index contributed by atoms with van der Waals surface area (Å²) in [6, 6.07) is 17.0. The van der Waals surface area contributed by atoms with Gasteiger partial charge in [0, 0.05) is 40.0 Å². The van der Waals surface area contributed by atoms with Gasteiger partial charge in [-0.3, -0.25) is 4.79 Å². The van der Waals surface area contributed by atoms with Crippen molar-refractivity contribution in [3.05, 3.63) is 82.0 Å². The molecule has 2 rings (SSSR count). The summed E-state index contributed by atoms with van der Waals surface area (Å²) in [7, 11) is 0. The number of hydrogen-bond donors (Lipinski definition) is 2. The molecule has 0 fully saturated rings. The third-order valence-electron chi connectivity index (χ3n) is 3.40. The van der Waals surface area contributed by atoms with E-state index < -0.39 is 0 Å². The Morgan fingerprint density at radius 3 is 2.29 bits per heavy atom. The van der Waals surface area contributed by atoms with Gasteiger partial charge in [-0.2, -0.15) is 0 Å². The number of hydrogen-bond acceptors (Lipinski definition) is 3. The number of ketones is 1. The third kappa shape index (κ3) is 5.46. The van der Waals surface area contributed by atoms with Crippen LogP contribution in [-0.4, -0.2) is 17.5 Å². The maximum absolute atomic E-state index is 12.4. The van der Waals surface area contributed by atoms with E-state index in [-0.39, 0.29) is 11.8 Å². The highest BCUT2D eigenvalue weighted by Gasteiger charge is 2.10. The lowest BCUT2D eigenvalue weighted by Crippen LogP contribution is -2.24. The Labute approximate surface area is 151 Å². The van der Waals surface area contributed by atoms with Crippen molar-refractivity contribution in [3.8, 4) is 0 Å². The SMILES string of the molecule is CC(C)N/C(=C\C(=O)c1ccccc1)CC(=N)c1ccc(Br)cc1. The summed E-state index contributed by atoms with van der Waals surface area (Å²) in [6.07, 6.45) is 1.99. The fourth-order valence-electron chi connectivity index (χ4n) is 2.30. The molecule has 0 aliphatic heterocycles. The minimum atomic E-state index is -0.0534. The van der Waals surface area contributed by atoms with Crippen LogP contribution in [0.3, 0.4) is 0 Å². The summed E-state index contributed by atoms with van der Waals surface area (Å²) in [5.74, 6) is -0.0534. The Bertz CT molecular complexity index is 734. The Balaban J connectivity index is 2.18. The molecule has 2 N–H and O–H groups in total. The largest absolute Gasteiger partial charge is 0.386 e. The summed E-state index contributed by atoms with van der Waals surface area (Å²) in [5, 5.41) is 11.6. The van der Waals surface area contributed by atoms with Gasteiger partial charge in [0.25, 0.3) is 0 Å². The van der Waals surface area contributed by atoms with Gasteiger partial charge in [0.2, 0.25) is 0 Å². The van der Waals surface area contributed by atoms with E-state index in [1.807, 2.05) is 56.3 Å². The summed E-state index contributed by atoms with van der Waals surface area (Å²) in [4.78, 5) is 12.4. The van der Waals surface area contributed by atoms with Crippen LogP contribution in [-0.2, 0) is 0 Å². The predicted octanol–water partition coefficient (Wildman–Crippen LogP) is 4.97. The van der Waals surface area contributed by atoms with Crippen LogP contribution in [0.2, 0.25) is 0 Å². The van der Waals surface area contributed by atoms with Crippen LogP contribution in [0.1, 0.15) is 36.2 Å². The quantitative estimate of drug-likeness (QED) is 0.402. The zero-order valence-corrected chi connectivity index (χ0v) is 15.4. The monoisotopic (exact) mass is 384 g/mol. The molecular formula is C20H21BrN2O. The van der Waals surface area contributed by atoms with Crippen LogP contribution in [0, 0.1) is 5.41 Å². The summed E-state index contributed by atoms with van der Waals surface area (Å²) in [5.41, 5.74) is 2.73. The Morgan fingerprint density at radius 1 is 1.08 bits per heavy atom. The van der Waals surface area contributed by atoms with E-state index in [0.29, 0.717) is 17.7 Å². The molecule has 24 heavy (non-hydrogen) atoms. The molecule has 0 bridgehead atoms. The van der Waals surface area contributed by atoms with Crippen molar-refractivity contribution < 1.29 is 4.79 Å². The number of carbonyl (C=O) groups excluding carboxylic acids is 1. The highest BCUT2D eigenvalue weighted by atomic mass is 79.9. The second kappa shape index (κ2) is 8.60. The summed E-state index contributed by atoms with van der Waals surface area (Å²) in [6.45, 7) is 4.04. The fraction of sp³-hybridized carbons (Fsp3) is 0.200. The molecular weight excluding hydrogens is 364 g/mol. The van der Waals surface area contributed by atoms with Gasteiger partial charge in [-0.15, -0.1) is 0 Å². The molecule has 0 unspecified atom stereocenters. The van der Waals surface area contributed by atoms with E-state index in [4.69, 9.17) is 5.41 Å². The molecule has 4 heteroatoms. The first-order chi connectivity index (χ1) is 11.5. The molecule has 0 aromatic heterocycles. The number of halogens is 1. The average Bonchev–Trinajstić information content (AvgIpc) is 2.55. The molecule has 0 heterocycles. The van der Waals surface area contributed by atoms with Crippen LogP contribution >= 0.6 is 15.9 Å². The van der Waals surface area contributed by atoms with Gasteiger partial charge < -0.3 is 10.7 Å². The molecule has 0 radical (unpaired) electrons. The third-order valence-corrected chi connectivity index (χ3v) is 3.93. The Kier molecular flexibility index (Phi) is 6.50. The standard InChI is InChI=1S/C20H21BrN2O/c1-14(2)23-18(13-20(24)16-6-4-3-5-7-16)12-19(22)15-8-10-17(21)11-9-15/h3-11,13-14,22-23H,12H2,1-2H3/b18-13-,22-19?. The average molecular weight is 385 g/mol. The van der Waals surface area contributed by atoms with Crippen LogP contribution in [0.5, 0.6) is 0 Å².